The van der Waals surface area contributed by atoms with Gasteiger partial charge in [0.25, 0.3) is 11.8 Å². The maximum atomic E-state index is 14.4. The molecule has 2 unspecified atom stereocenters. The highest BCUT2D eigenvalue weighted by Gasteiger charge is 2.40. The number of nitrogens with zero attached hydrogens (tertiary/aromatic N) is 14. The summed E-state index contributed by atoms with van der Waals surface area (Å²) in [5.41, 5.74) is 4.01. The third kappa shape index (κ3) is 8.49. The maximum absolute atomic E-state index is 14.4. The van der Waals surface area contributed by atoms with Crippen LogP contribution in [-0.2, 0) is 12.8 Å². The second-order valence-electron chi connectivity index (χ2n) is 15.6. The SMILES string of the molecule is CC1c2cnc(-c3ncccn3)nc2CCN1c1cc(F)cc(N2CCC(F)(F)C2)n1.CC1c2cnc(-c3ncccn3)nc2CCN1c1cc(N2CCC(F)(F)C2)cc(F)n1. The summed E-state index contributed by atoms with van der Waals surface area (Å²) >= 11 is 0. The molecular weight excluding hydrogens is 815 g/mol. The first-order chi connectivity index (χ1) is 29.8. The molecule has 0 aromatic carbocycles. The number of halogens is 6. The molecule has 0 spiro atoms. The monoisotopic (exact) mass is 854 g/mol. The predicted molar refractivity (Wildman–Crippen MR) is 217 cm³/mol. The van der Waals surface area contributed by atoms with E-state index >= 15 is 0 Å². The Morgan fingerprint density at radius 2 is 1.02 bits per heavy atom. The smallest absolute Gasteiger partial charge is 0.266 e. The Morgan fingerprint density at radius 3 is 1.52 bits per heavy atom. The van der Waals surface area contributed by atoms with Crippen LogP contribution in [0.1, 0.15) is 61.3 Å². The van der Waals surface area contributed by atoms with Gasteiger partial charge in [-0.1, -0.05) is 0 Å². The summed E-state index contributed by atoms with van der Waals surface area (Å²) in [6.45, 7) is 4.54. The van der Waals surface area contributed by atoms with Crippen molar-refractivity contribution in [1.82, 2.24) is 49.8 Å². The molecule has 4 aliphatic rings. The minimum atomic E-state index is -2.77. The van der Waals surface area contributed by atoms with E-state index in [0.717, 1.165) is 22.5 Å². The average molecular weight is 855 g/mol. The van der Waals surface area contributed by atoms with Crippen LogP contribution < -0.4 is 19.6 Å². The van der Waals surface area contributed by atoms with Gasteiger partial charge in [-0.3, -0.25) is 0 Å². The minimum Gasteiger partial charge on any atom is -0.365 e. The molecule has 2 fully saturated rings. The van der Waals surface area contributed by atoms with Gasteiger partial charge in [-0.05, 0) is 26.0 Å². The number of alkyl halides is 4. The van der Waals surface area contributed by atoms with Crippen LogP contribution in [0.2, 0.25) is 0 Å². The van der Waals surface area contributed by atoms with Gasteiger partial charge in [-0.2, -0.15) is 4.39 Å². The lowest BCUT2D eigenvalue weighted by Gasteiger charge is -2.36. The number of hydrogen-bond acceptors (Lipinski definition) is 14. The lowest BCUT2D eigenvalue weighted by molar-refractivity contribution is 0.0250. The van der Waals surface area contributed by atoms with E-state index in [9.17, 15) is 26.3 Å². The van der Waals surface area contributed by atoms with Crippen LogP contribution in [0.4, 0.5) is 49.5 Å². The van der Waals surface area contributed by atoms with Crippen molar-refractivity contribution in [2.45, 2.75) is 63.5 Å². The van der Waals surface area contributed by atoms with Gasteiger partial charge in [0.2, 0.25) is 5.95 Å². The maximum Gasteiger partial charge on any atom is 0.266 e. The van der Waals surface area contributed by atoms with Crippen LogP contribution in [-0.4, -0.2) is 101 Å². The topological polar surface area (TPSA) is 142 Å². The van der Waals surface area contributed by atoms with E-state index in [0.29, 0.717) is 66.6 Å². The van der Waals surface area contributed by atoms with Crippen molar-refractivity contribution in [3.8, 4) is 23.3 Å². The molecular formula is C42H40F6N14. The van der Waals surface area contributed by atoms with Crippen LogP contribution in [0.5, 0.6) is 0 Å². The van der Waals surface area contributed by atoms with E-state index in [2.05, 4.69) is 49.8 Å². The highest BCUT2D eigenvalue weighted by molar-refractivity contribution is 5.58. The fraction of sp³-hybridized carbons (Fsp3) is 0.381. The van der Waals surface area contributed by atoms with Crippen molar-refractivity contribution in [2.24, 2.45) is 0 Å². The quantitative estimate of drug-likeness (QED) is 0.127. The molecule has 6 aromatic heterocycles. The number of rotatable bonds is 6. The summed E-state index contributed by atoms with van der Waals surface area (Å²) in [6.07, 6.45) is 10.8. The lowest BCUT2D eigenvalue weighted by Crippen LogP contribution is -2.36. The largest absolute Gasteiger partial charge is 0.365 e. The van der Waals surface area contributed by atoms with Crippen LogP contribution in [0, 0.1) is 11.8 Å². The molecule has 0 aliphatic carbocycles. The average Bonchev–Trinajstić information content (AvgIpc) is 3.84. The highest BCUT2D eigenvalue weighted by atomic mass is 19.3. The number of anilines is 4. The molecule has 320 valence electrons. The van der Waals surface area contributed by atoms with E-state index < -0.39 is 36.7 Å². The van der Waals surface area contributed by atoms with E-state index in [-0.39, 0.29) is 43.8 Å². The molecule has 10 rings (SSSR count). The summed E-state index contributed by atoms with van der Waals surface area (Å²) in [4.78, 5) is 50.2. The predicted octanol–water partition coefficient (Wildman–Crippen LogP) is 6.87. The van der Waals surface area contributed by atoms with Crippen molar-refractivity contribution >= 4 is 23.1 Å². The third-order valence-corrected chi connectivity index (χ3v) is 11.5. The molecule has 0 saturated carbocycles. The van der Waals surface area contributed by atoms with E-state index in [1.807, 2.05) is 23.6 Å². The van der Waals surface area contributed by atoms with Crippen LogP contribution >= 0.6 is 0 Å². The first-order valence-corrected chi connectivity index (χ1v) is 20.2. The molecule has 62 heavy (non-hydrogen) atoms. The first-order valence-electron chi connectivity index (χ1n) is 20.2. The van der Waals surface area contributed by atoms with Crippen molar-refractivity contribution in [3.63, 3.8) is 0 Å². The van der Waals surface area contributed by atoms with Crippen molar-refractivity contribution < 1.29 is 26.3 Å². The fourth-order valence-corrected chi connectivity index (χ4v) is 8.26. The first kappa shape index (κ1) is 40.8. The Balaban J connectivity index is 0.000000158. The fourth-order valence-electron chi connectivity index (χ4n) is 8.26. The second-order valence-corrected chi connectivity index (χ2v) is 15.6. The number of hydrogen-bond donors (Lipinski definition) is 0. The zero-order chi connectivity index (χ0) is 43.2. The Morgan fingerprint density at radius 1 is 0.532 bits per heavy atom. The van der Waals surface area contributed by atoms with Gasteiger partial charge in [0.15, 0.2) is 23.3 Å². The molecule has 0 N–H and O–H groups in total. The highest BCUT2D eigenvalue weighted by Crippen LogP contribution is 2.38. The summed E-state index contributed by atoms with van der Waals surface area (Å²) < 4.78 is 83.2. The zero-order valence-electron chi connectivity index (χ0n) is 33.7. The normalized spacial score (nSPS) is 20.1. The van der Waals surface area contributed by atoms with Gasteiger partial charge in [0.05, 0.1) is 36.6 Å². The number of aromatic nitrogens is 10. The van der Waals surface area contributed by atoms with Gasteiger partial charge in [-0.15, -0.1) is 0 Å². The van der Waals surface area contributed by atoms with E-state index in [1.54, 1.807) is 55.4 Å². The van der Waals surface area contributed by atoms with Crippen molar-refractivity contribution in [2.75, 3.05) is 58.9 Å². The molecule has 0 radical (unpaired) electrons. The molecule has 4 aliphatic heterocycles. The van der Waals surface area contributed by atoms with E-state index in [4.69, 9.17) is 0 Å². The molecule has 14 nitrogen and oxygen atoms in total. The van der Waals surface area contributed by atoms with Gasteiger partial charge in [0.1, 0.15) is 23.3 Å². The Hall–Kier alpha value is -6.60. The van der Waals surface area contributed by atoms with Crippen LogP contribution in [0.15, 0.2) is 73.6 Å². The van der Waals surface area contributed by atoms with Gasteiger partial charge >= 0.3 is 0 Å². The molecule has 10 heterocycles. The molecule has 2 atom stereocenters. The minimum absolute atomic E-state index is 0.152. The van der Waals surface area contributed by atoms with Gasteiger partial charge in [-0.25, -0.2) is 71.8 Å². The number of fused-ring (bicyclic) bond motifs is 2. The number of pyridine rings is 2. The summed E-state index contributed by atoms with van der Waals surface area (Å²) in [7, 11) is 0. The van der Waals surface area contributed by atoms with Gasteiger partial charge < -0.3 is 19.6 Å². The van der Waals surface area contributed by atoms with Gasteiger partial charge in [0, 0.05) is 130 Å². The van der Waals surface area contributed by atoms with Crippen molar-refractivity contribution in [3.05, 3.63) is 108 Å². The lowest BCUT2D eigenvalue weighted by atomic mass is 9.99. The summed E-state index contributed by atoms with van der Waals surface area (Å²) in [5, 5.41) is 0. The molecule has 0 bridgehead atoms. The van der Waals surface area contributed by atoms with Crippen LogP contribution in [0.3, 0.4) is 0 Å². The zero-order valence-corrected chi connectivity index (χ0v) is 33.7. The third-order valence-electron chi connectivity index (χ3n) is 11.5. The standard InChI is InChI=1S/2C21H20F3N7/c1-13-15-11-27-20(19-25-5-2-6-26-19)28-16(15)3-7-31(13)18-10-14(9-17(22)29-18)30-8-4-21(23,24)12-30;1-13-15-11-27-20(19-25-5-2-6-26-19)28-16(15)3-7-31(13)18-10-14(22)9-17(29-18)30-8-4-21(23,24)12-30/h2*2,5-6,9-11,13H,3-4,7-8,12H2,1H3. The van der Waals surface area contributed by atoms with Crippen LogP contribution in [0.25, 0.3) is 23.3 Å². The Bertz CT molecular complexity index is 2400. The molecule has 0 amide bonds. The second kappa shape index (κ2) is 16.4. The summed E-state index contributed by atoms with van der Waals surface area (Å²) in [5.74, 6) is -3.82. The Labute approximate surface area is 352 Å². The molecule has 2 saturated heterocycles. The van der Waals surface area contributed by atoms with Crippen molar-refractivity contribution in [1.29, 1.82) is 0 Å². The summed E-state index contributed by atoms with van der Waals surface area (Å²) in [6, 6.07) is 8.58. The molecule has 6 aromatic rings. The van der Waals surface area contributed by atoms with E-state index in [1.165, 1.54) is 28.0 Å². The Kier molecular flexibility index (Phi) is 10.8. The molecule has 20 heteroatoms.